The number of rotatable bonds is 6. The second-order valence-electron chi connectivity index (χ2n) is 5.84. The third-order valence-corrected chi connectivity index (χ3v) is 5.45. The van der Waals surface area contributed by atoms with E-state index in [9.17, 15) is 13.2 Å². The van der Waals surface area contributed by atoms with E-state index < -0.39 is 21.5 Å². The van der Waals surface area contributed by atoms with Crippen LogP contribution < -0.4 is 10.1 Å². The molecule has 0 spiro atoms. The number of hydrogen-bond donors (Lipinski definition) is 1. The van der Waals surface area contributed by atoms with Gasteiger partial charge in [0.05, 0.1) is 12.9 Å². The lowest BCUT2D eigenvalue weighted by Crippen LogP contribution is -2.24. The highest BCUT2D eigenvalue weighted by molar-refractivity contribution is 7.91. The van der Waals surface area contributed by atoms with E-state index in [0.29, 0.717) is 22.0 Å². The fraction of sp³-hybridized carbons (Fsp3) is 0.278. The topological polar surface area (TPSA) is 72.5 Å². The van der Waals surface area contributed by atoms with Crippen LogP contribution in [0.2, 0.25) is 5.02 Å². The average Bonchev–Trinajstić information content (AvgIpc) is 2.50. The Kier molecular flexibility index (Phi) is 6.08. The number of nitrogens with one attached hydrogen (secondary N) is 1. The number of anilines is 1. The molecular weight excluding hydrogens is 362 g/mol. The third kappa shape index (κ3) is 5.47. The summed E-state index contributed by atoms with van der Waals surface area (Å²) in [5, 5.41) is 3.02. The number of ether oxygens (including phenoxy) is 1. The first-order valence-corrected chi connectivity index (χ1v) is 9.80. The highest BCUT2D eigenvalue weighted by Gasteiger charge is 2.20. The molecule has 0 saturated heterocycles. The first-order chi connectivity index (χ1) is 11.7. The van der Waals surface area contributed by atoms with Gasteiger partial charge in [-0.1, -0.05) is 17.7 Å². The van der Waals surface area contributed by atoms with Crippen molar-refractivity contribution < 1.29 is 17.9 Å². The number of aryl methyl sites for hydroxylation is 2. The first kappa shape index (κ1) is 19.3. The molecule has 0 fully saturated rings. The minimum absolute atomic E-state index is 0.322. The maximum Gasteiger partial charge on any atom is 0.239 e. The number of hydrogen-bond acceptors (Lipinski definition) is 4. The first-order valence-electron chi connectivity index (χ1n) is 7.60. The van der Waals surface area contributed by atoms with E-state index >= 15 is 0 Å². The Morgan fingerprint density at radius 1 is 1.12 bits per heavy atom. The summed E-state index contributed by atoms with van der Waals surface area (Å²) in [6, 6.07) is 10.2. The summed E-state index contributed by atoms with van der Waals surface area (Å²) in [6.07, 6.45) is 0. The van der Waals surface area contributed by atoms with Crippen molar-refractivity contribution in [2.75, 3.05) is 18.2 Å². The van der Waals surface area contributed by atoms with Gasteiger partial charge in [0, 0.05) is 16.3 Å². The van der Waals surface area contributed by atoms with Gasteiger partial charge < -0.3 is 10.1 Å². The van der Waals surface area contributed by atoms with Gasteiger partial charge in [0.25, 0.3) is 0 Å². The summed E-state index contributed by atoms with van der Waals surface area (Å²) in [5.41, 5.74) is 3.11. The smallest absolute Gasteiger partial charge is 0.239 e. The molecular formula is C18H20ClNO4S. The predicted octanol–water partition coefficient (Wildman–Crippen LogP) is 3.52. The zero-order valence-electron chi connectivity index (χ0n) is 14.3. The standard InChI is InChI=1S/C18H20ClNO4S/c1-12-4-6-16(8-13(12)2)20-18(21)11-25(22,23)10-14-9-15(19)5-7-17(14)24-3/h4-9H,10-11H2,1-3H3,(H,20,21). The SMILES string of the molecule is COc1ccc(Cl)cc1CS(=O)(=O)CC(=O)Nc1ccc(C)c(C)c1. The second-order valence-corrected chi connectivity index (χ2v) is 8.34. The zero-order chi connectivity index (χ0) is 18.6. The second kappa shape index (κ2) is 7.89. The fourth-order valence-corrected chi connectivity index (χ4v) is 3.83. The molecule has 0 radical (unpaired) electrons. The third-order valence-electron chi connectivity index (χ3n) is 3.76. The molecule has 0 heterocycles. The van der Waals surface area contributed by atoms with Crippen LogP contribution in [-0.2, 0) is 20.4 Å². The van der Waals surface area contributed by atoms with E-state index in [1.165, 1.54) is 13.2 Å². The number of amides is 1. The van der Waals surface area contributed by atoms with E-state index in [1.54, 1.807) is 24.3 Å². The molecule has 7 heteroatoms. The van der Waals surface area contributed by atoms with Crippen molar-refractivity contribution in [1.82, 2.24) is 0 Å². The largest absolute Gasteiger partial charge is 0.496 e. The van der Waals surface area contributed by atoms with Crippen molar-refractivity contribution in [3.05, 3.63) is 58.1 Å². The Balaban J connectivity index is 2.09. The van der Waals surface area contributed by atoms with Crippen LogP contribution in [0.1, 0.15) is 16.7 Å². The zero-order valence-corrected chi connectivity index (χ0v) is 15.9. The van der Waals surface area contributed by atoms with E-state index in [1.807, 2.05) is 19.9 Å². The molecule has 1 N–H and O–H groups in total. The maximum atomic E-state index is 12.3. The molecule has 0 saturated carbocycles. The number of benzene rings is 2. The quantitative estimate of drug-likeness (QED) is 0.830. The molecule has 134 valence electrons. The van der Waals surface area contributed by atoms with Crippen molar-refractivity contribution in [2.45, 2.75) is 19.6 Å². The fourth-order valence-electron chi connectivity index (χ4n) is 2.36. The molecule has 0 aliphatic rings. The summed E-state index contributed by atoms with van der Waals surface area (Å²) in [5.74, 6) is -1.10. The number of carbonyl (C=O) groups is 1. The highest BCUT2D eigenvalue weighted by atomic mass is 35.5. The lowest BCUT2D eigenvalue weighted by atomic mass is 10.1. The summed E-state index contributed by atoms with van der Waals surface area (Å²) >= 11 is 5.91. The van der Waals surface area contributed by atoms with Gasteiger partial charge >= 0.3 is 0 Å². The van der Waals surface area contributed by atoms with Gasteiger partial charge in [0.2, 0.25) is 5.91 Å². The van der Waals surface area contributed by atoms with Gasteiger partial charge in [-0.2, -0.15) is 0 Å². The molecule has 0 aliphatic carbocycles. The van der Waals surface area contributed by atoms with Crippen LogP contribution in [0, 0.1) is 13.8 Å². The molecule has 25 heavy (non-hydrogen) atoms. The van der Waals surface area contributed by atoms with Gasteiger partial charge in [-0.05, 0) is 55.3 Å². The van der Waals surface area contributed by atoms with Crippen LogP contribution in [-0.4, -0.2) is 27.2 Å². The van der Waals surface area contributed by atoms with E-state index in [-0.39, 0.29) is 5.75 Å². The Morgan fingerprint density at radius 2 is 1.84 bits per heavy atom. The van der Waals surface area contributed by atoms with Crippen molar-refractivity contribution >= 4 is 33.0 Å². The van der Waals surface area contributed by atoms with Crippen molar-refractivity contribution in [2.24, 2.45) is 0 Å². The van der Waals surface area contributed by atoms with Gasteiger partial charge in [-0.25, -0.2) is 8.42 Å². The van der Waals surface area contributed by atoms with Crippen molar-refractivity contribution in [3.8, 4) is 5.75 Å². The van der Waals surface area contributed by atoms with Crippen molar-refractivity contribution in [3.63, 3.8) is 0 Å². The lowest BCUT2D eigenvalue weighted by molar-refractivity contribution is -0.113. The molecule has 2 aromatic rings. The molecule has 0 aromatic heterocycles. The van der Waals surface area contributed by atoms with Crippen LogP contribution in [0.15, 0.2) is 36.4 Å². The molecule has 0 bridgehead atoms. The predicted molar refractivity (Wildman–Crippen MR) is 100 cm³/mol. The normalized spacial score (nSPS) is 11.2. The molecule has 0 atom stereocenters. The molecule has 2 aromatic carbocycles. The minimum atomic E-state index is -3.67. The van der Waals surface area contributed by atoms with Gasteiger partial charge in [0.15, 0.2) is 9.84 Å². The van der Waals surface area contributed by atoms with Crippen molar-refractivity contribution in [1.29, 1.82) is 0 Å². The van der Waals surface area contributed by atoms with E-state index in [4.69, 9.17) is 16.3 Å². The Bertz CT molecular complexity index is 894. The van der Waals surface area contributed by atoms with Crippen LogP contribution in [0.4, 0.5) is 5.69 Å². The molecule has 1 amide bonds. The lowest BCUT2D eigenvalue weighted by Gasteiger charge is -2.11. The molecule has 5 nitrogen and oxygen atoms in total. The average molecular weight is 382 g/mol. The number of methoxy groups -OCH3 is 1. The van der Waals surface area contributed by atoms with Gasteiger partial charge in [-0.15, -0.1) is 0 Å². The van der Waals surface area contributed by atoms with Gasteiger partial charge in [0.1, 0.15) is 11.5 Å². The Morgan fingerprint density at radius 3 is 2.48 bits per heavy atom. The monoisotopic (exact) mass is 381 g/mol. The van der Waals surface area contributed by atoms with Crippen LogP contribution in [0.25, 0.3) is 0 Å². The number of sulfone groups is 1. The highest BCUT2D eigenvalue weighted by Crippen LogP contribution is 2.25. The van der Waals surface area contributed by atoms with E-state index in [2.05, 4.69) is 5.32 Å². The van der Waals surface area contributed by atoms with Gasteiger partial charge in [-0.3, -0.25) is 4.79 Å². The maximum absolute atomic E-state index is 12.3. The summed E-state index contributed by atoms with van der Waals surface area (Å²) < 4.78 is 29.8. The molecule has 2 rings (SSSR count). The number of carbonyl (C=O) groups excluding carboxylic acids is 1. The Labute approximate surface area is 152 Å². The van der Waals surface area contributed by atoms with Crippen LogP contribution in [0.3, 0.4) is 0 Å². The number of halogens is 1. The van der Waals surface area contributed by atoms with Crippen LogP contribution in [0.5, 0.6) is 5.75 Å². The summed E-state index contributed by atoms with van der Waals surface area (Å²) in [7, 11) is -2.22. The van der Waals surface area contributed by atoms with Crippen LogP contribution >= 0.6 is 11.6 Å². The van der Waals surface area contributed by atoms with E-state index in [0.717, 1.165) is 11.1 Å². The molecule has 0 aliphatic heterocycles. The minimum Gasteiger partial charge on any atom is -0.496 e. The Hall–Kier alpha value is -2.05. The molecule has 0 unspecified atom stereocenters. The summed E-state index contributed by atoms with van der Waals surface area (Å²) in [4.78, 5) is 12.1. The summed E-state index contributed by atoms with van der Waals surface area (Å²) in [6.45, 7) is 3.89.